The highest BCUT2D eigenvalue weighted by molar-refractivity contribution is 6.02. The van der Waals surface area contributed by atoms with Gasteiger partial charge in [0.25, 0.3) is 5.91 Å². The van der Waals surface area contributed by atoms with Gasteiger partial charge in [0.1, 0.15) is 23.0 Å². The van der Waals surface area contributed by atoms with E-state index in [4.69, 9.17) is 4.74 Å². The smallest absolute Gasteiger partial charge is 0.256 e. The molecule has 2 aromatic carbocycles. The number of ether oxygens (including phenoxy) is 1. The van der Waals surface area contributed by atoms with Crippen molar-refractivity contribution in [1.82, 2.24) is 25.2 Å². The number of aromatic amines is 1. The maximum atomic E-state index is 14.9. The Hall–Kier alpha value is -4.71. The van der Waals surface area contributed by atoms with Crippen molar-refractivity contribution in [2.45, 2.75) is 20.3 Å². The maximum Gasteiger partial charge on any atom is 0.256 e. The molecule has 4 aromatic rings. The summed E-state index contributed by atoms with van der Waals surface area (Å²) in [6.07, 6.45) is 2.45. The molecular weight excluding hydrogens is 539 g/mol. The van der Waals surface area contributed by atoms with E-state index >= 15 is 0 Å². The van der Waals surface area contributed by atoms with Crippen LogP contribution >= 0.6 is 0 Å². The molecule has 2 aromatic heterocycles. The topological polar surface area (TPSA) is 128 Å². The van der Waals surface area contributed by atoms with Gasteiger partial charge in [0.2, 0.25) is 11.9 Å². The number of likely N-dealkylation sites (N-methyl/N-ethyl adjacent to an activating group) is 1. The standard InChI is InChI=1S/C30H35FN8O3.H2/c1-17(2)15-33-29(41)26-20(31)7-6-8-21(26)34-28-19-9-11-32-27(19)36-30(37-28)35-22-14-23-18(13-24(22)42-5)10-12-39(23)25(40)16-38(3)4;/h6-9,11,13-14,17H,10,12,15-16H2,1-5H3,(H,33,41)(H3,32,34,35,36,37);1H. The number of carbonyl (C=O) groups is 2. The first-order valence-corrected chi connectivity index (χ1v) is 13.8. The third-order valence-corrected chi connectivity index (χ3v) is 6.88. The number of hydrogen-bond acceptors (Lipinski definition) is 8. The summed E-state index contributed by atoms with van der Waals surface area (Å²) in [7, 11) is 5.30. The number of nitrogens with zero attached hydrogens (tertiary/aromatic N) is 4. The van der Waals surface area contributed by atoms with Gasteiger partial charge in [-0.15, -0.1) is 0 Å². The number of benzene rings is 2. The van der Waals surface area contributed by atoms with Crippen molar-refractivity contribution in [2.24, 2.45) is 5.92 Å². The third kappa shape index (κ3) is 5.98. The summed E-state index contributed by atoms with van der Waals surface area (Å²) in [4.78, 5) is 41.8. The van der Waals surface area contributed by atoms with E-state index < -0.39 is 11.7 Å². The highest BCUT2D eigenvalue weighted by atomic mass is 19.1. The molecule has 0 saturated carbocycles. The molecule has 222 valence electrons. The molecule has 5 rings (SSSR count). The molecule has 0 saturated heterocycles. The van der Waals surface area contributed by atoms with Gasteiger partial charge in [-0.25, -0.2) is 4.39 Å². The maximum absolute atomic E-state index is 14.9. The Morgan fingerprint density at radius 3 is 2.71 bits per heavy atom. The van der Waals surface area contributed by atoms with Gasteiger partial charge in [0, 0.05) is 26.4 Å². The zero-order valence-electron chi connectivity index (χ0n) is 24.3. The summed E-state index contributed by atoms with van der Waals surface area (Å²) >= 11 is 0. The van der Waals surface area contributed by atoms with Gasteiger partial charge in [-0.1, -0.05) is 19.9 Å². The van der Waals surface area contributed by atoms with E-state index in [9.17, 15) is 14.0 Å². The van der Waals surface area contributed by atoms with Crippen LogP contribution in [0.3, 0.4) is 0 Å². The molecule has 42 heavy (non-hydrogen) atoms. The van der Waals surface area contributed by atoms with Crippen molar-refractivity contribution in [3.63, 3.8) is 0 Å². The summed E-state index contributed by atoms with van der Waals surface area (Å²) in [5, 5.41) is 9.82. The summed E-state index contributed by atoms with van der Waals surface area (Å²) in [5.41, 5.74) is 3.10. The van der Waals surface area contributed by atoms with Crippen LogP contribution in [0.25, 0.3) is 11.0 Å². The molecule has 1 aliphatic rings. The first kappa shape index (κ1) is 28.8. The van der Waals surface area contributed by atoms with Crippen LogP contribution in [0, 0.1) is 11.7 Å². The second kappa shape index (κ2) is 12.0. The SMILES string of the molecule is COc1cc2c(cc1Nc1nc(Nc3cccc(F)c3C(=O)NCC(C)C)c3cc[nH]c3n1)N(C(=O)CN(C)C)CC2.[HH]. The Bertz CT molecular complexity index is 1640. The van der Waals surface area contributed by atoms with Gasteiger partial charge in [-0.2, -0.15) is 9.97 Å². The molecule has 0 atom stereocenters. The molecule has 0 unspecified atom stereocenters. The predicted octanol–water partition coefficient (Wildman–Crippen LogP) is 4.68. The number of fused-ring (bicyclic) bond motifs is 2. The van der Waals surface area contributed by atoms with Gasteiger partial charge in [-0.05, 0) is 62.3 Å². The summed E-state index contributed by atoms with van der Waals surface area (Å²) in [6.45, 7) is 5.24. The van der Waals surface area contributed by atoms with Crippen LogP contribution in [0.2, 0.25) is 0 Å². The first-order valence-electron chi connectivity index (χ1n) is 13.8. The average Bonchev–Trinajstić information content (AvgIpc) is 3.58. The second-order valence-corrected chi connectivity index (χ2v) is 10.9. The van der Waals surface area contributed by atoms with Crippen molar-refractivity contribution in [3.05, 3.63) is 59.5 Å². The fourth-order valence-corrected chi connectivity index (χ4v) is 4.88. The minimum absolute atomic E-state index is 0. The quantitative estimate of drug-likeness (QED) is 0.214. The fraction of sp³-hybridized carbons (Fsp3) is 0.333. The Kier molecular flexibility index (Phi) is 8.25. The number of aromatic nitrogens is 3. The number of methoxy groups -OCH3 is 1. The Labute approximate surface area is 245 Å². The molecule has 0 spiro atoms. The van der Waals surface area contributed by atoms with Crippen molar-refractivity contribution in [3.8, 4) is 5.75 Å². The van der Waals surface area contributed by atoms with Crippen LogP contribution < -0.4 is 25.6 Å². The lowest BCUT2D eigenvalue weighted by Gasteiger charge is -2.21. The van der Waals surface area contributed by atoms with Crippen LogP contribution in [-0.2, 0) is 11.2 Å². The normalized spacial score (nSPS) is 12.6. The van der Waals surface area contributed by atoms with E-state index in [1.807, 2.05) is 45.0 Å². The summed E-state index contributed by atoms with van der Waals surface area (Å²) < 4.78 is 20.6. The molecule has 0 fully saturated rings. The van der Waals surface area contributed by atoms with Crippen LogP contribution in [0.4, 0.5) is 33.2 Å². The number of H-pyrrole nitrogens is 1. The van der Waals surface area contributed by atoms with E-state index in [-0.39, 0.29) is 30.5 Å². The highest BCUT2D eigenvalue weighted by Gasteiger charge is 2.27. The fourth-order valence-electron chi connectivity index (χ4n) is 4.88. The van der Waals surface area contributed by atoms with Gasteiger partial charge in [0.15, 0.2) is 0 Å². The molecule has 1 aliphatic heterocycles. The molecule has 0 aliphatic carbocycles. The van der Waals surface area contributed by atoms with Crippen LogP contribution in [0.15, 0.2) is 42.6 Å². The molecule has 4 N–H and O–H groups in total. The minimum Gasteiger partial charge on any atom is -0.495 e. The molecule has 0 bridgehead atoms. The lowest BCUT2D eigenvalue weighted by atomic mass is 10.1. The van der Waals surface area contributed by atoms with Crippen molar-refractivity contribution >= 4 is 51.7 Å². The molecule has 3 heterocycles. The molecule has 0 radical (unpaired) electrons. The largest absolute Gasteiger partial charge is 0.495 e. The Morgan fingerprint density at radius 2 is 1.98 bits per heavy atom. The lowest BCUT2D eigenvalue weighted by molar-refractivity contribution is -0.119. The monoisotopic (exact) mass is 576 g/mol. The van der Waals surface area contributed by atoms with Gasteiger partial charge >= 0.3 is 0 Å². The molecular formula is C30H37FN8O3. The number of anilines is 5. The predicted molar refractivity (Wildman–Crippen MR) is 164 cm³/mol. The summed E-state index contributed by atoms with van der Waals surface area (Å²) in [6, 6.07) is 9.99. The Balaban J connectivity index is 0.00000423. The zero-order chi connectivity index (χ0) is 30.0. The van der Waals surface area contributed by atoms with Gasteiger partial charge < -0.3 is 35.5 Å². The molecule has 2 amide bonds. The van der Waals surface area contributed by atoms with E-state index in [1.54, 1.807) is 30.3 Å². The van der Waals surface area contributed by atoms with E-state index in [0.717, 1.165) is 17.7 Å². The Morgan fingerprint density at radius 1 is 1.17 bits per heavy atom. The number of hydrogen-bond donors (Lipinski definition) is 4. The van der Waals surface area contributed by atoms with Crippen molar-refractivity contribution < 1.29 is 20.1 Å². The van der Waals surface area contributed by atoms with E-state index in [0.29, 0.717) is 47.9 Å². The van der Waals surface area contributed by atoms with E-state index in [2.05, 4.69) is 30.9 Å². The molecule has 11 nitrogen and oxygen atoms in total. The van der Waals surface area contributed by atoms with Crippen molar-refractivity contribution in [1.29, 1.82) is 0 Å². The van der Waals surface area contributed by atoms with Gasteiger partial charge in [-0.3, -0.25) is 9.59 Å². The minimum atomic E-state index is -0.643. The zero-order valence-corrected chi connectivity index (χ0v) is 24.3. The number of amides is 2. The number of rotatable bonds is 10. The highest BCUT2D eigenvalue weighted by Crippen LogP contribution is 2.39. The third-order valence-electron chi connectivity index (χ3n) is 6.88. The molecule has 12 heteroatoms. The average molecular weight is 577 g/mol. The van der Waals surface area contributed by atoms with Crippen LogP contribution in [0.5, 0.6) is 5.75 Å². The van der Waals surface area contributed by atoms with Crippen LogP contribution in [-0.4, -0.2) is 72.5 Å². The second-order valence-electron chi connectivity index (χ2n) is 10.9. The first-order chi connectivity index (χ1) is 20.1. The number of nitrogens with one attached hydrogen (secondary N) is 4. The summed E-state index contributed by atoms with van der Waals surface area (Å²) in [5.74, 6) is 0.241. The van der Waals surface area contributed by atoms with Crippen LogP contribution in [0.1, 0.15) is 31.2 Å². The lowest BCUT2D eigenvalue weighted by Crippen LogP contribution is -2.36. The van der Waals surface area contributed by atoms with E-state index in [1.165, 1.54) is 12.1 Å². The number of carbonyl (C=O) groups excluding carboxylic acids is 2. The number of halogens is 1. The van der Waals surface area contributed by atoms with Gasteiger partial charge in [0.05, 0.1) is 36.0 Å². The van der Waals surface area contributed by atoms with Crippen molar-refractivity contribution in [2.75, 3.05) is 56.4 Å².